The summed E-state index contributed by atoms with van der Waals surface area (Å²) in [5.74, 6) is -0.574. The molecule has 69 heavy (non-hydrogen) atoms. The van der Waals surface area contributed by atoms with Gasteiger partial charge in [-0.05, 0) is 146 Å². The Morgan fingerprint density at radius 2 is 1.81 bits per heavy atom. The van der Waals surface area contributed by atoms with Crippen LogP contribution < -0.4 is 24.6 Å². The molecular weight excluding hydrogens is 1150 g/mol. The van der Waals surface area contributed by atoms with E-state index < -0.39 is 17.8 Å². The highest BCUT2D eigenvalue weighted by Gasteiger charge is 2.35. The van der Waals surface area contributed by atoms with Crippen LogP contribution in [0.1, 0.15) is 48.1 Å². The third-order valence-electron chi connectivity index (χ3n) is 13.0. The highest BCUT2D eigenvalue weighted by molar-refractivity contribution is 14.1. The van der Waals surface area contributed by atoms with Crippen LogP contribution in [0.4, 0.5) is 21.6 Å². The van der Waals surface area contributed by atoms with Gasteiger partial charge in [0.25, 0.3) is 11.8 Å². The third-order valence-corrected chi connectivity index (χ3v) is 15.2. The van der Waals surface area contributed by atoms with Gasteiger partial charge in [-0.3, -0.25) is 14.5 Å². The number of carbonyl (C=O) groups excluding carboxylic acids is 2. The third kappa shape index (κ3) is 11.1. The second-order valence-electron chi connectivity index (χ2n) is 17.4. The molecule has 1 aromatic heterocycles. The molecule has 2 saturated heterocycles. The number of hydrogen-bond acceptors (Lipinski definition) is 11. The minimum absolute atomic E-state index is 0.0433. The first kappa shape index (κ1) is 49.2. The maximum atomic E-state index is 14.1. The Balaban J connectivity index is 0.814. The van der Waals surface area contributed by atoms with Crippen molar-refractivity contribution in [3.8, 4) is 17.8 Å². The highest BCUT2D eigenvalue weighted by atomic mass is 127. The largest absolute Gasteiger partial charge is 0.489 e. The number of benzene rings is 4. The molecule has 13 nitrogen and oxygen atoms in total. The van der Waals surface area contributed by atoms with Crippen LogP contribution in [0.2, 0.25) is 5.02 Å². The summed E-state index contributed by atoms with van der Waals surface area (Å²) in [6.07, 6.45) is 5.44. The molecule has 4 aliphatic heterocycles. The van der Waals surface area contributed by atoms with E-state index >= 15 is 0 Å². The van der Waals surface area contributed by atoms with Crippen molar-refractivity contribution in [3.63, 3.8) is 0 Å². The van der Waals surface area contributed by atoms with Crippen LogP contribution in [0, 0.1) is 14.9 Å². The maximum Gasteiger partial charge on any atom is 0.318 e. The average molecular weight is 1200 g/mol. The Labute approximate surface area is 436 Å². The molecule has 2 fully saturated rings. The number of fused-ring (bicyclic) bond motifs is 3. The van der Waals surface area contributed by atoms with E-state index in [1.54, 1.807) is 0 Å². The molecule has 2 amide bonds. The lowest BCUT2D eigenvalue weighted by Gasteiger charge is -2.42. The van der Waals surface area contributed by atoms with Crippen LogP contribution in [-0.2, 0) is 27.3 Å². The molecule has 4 aromatic carbocycles. The topological polar surface area (TPSA) is 136 Å². The van der Waals surface area contributed by atoms with Crippen molar-refractivity contribution < 1.29 is 28.2 Å². The van der Waals surface area contributed by atoms with Gasteiger partial charge in [-0.15, -0.1) is 0 Å². The molecule has 0 radical (unpaired) electrons. The summed E-state index contributed by atoms with van der Waals surface area (Å²) in [5.41, 5.74) is 6.03. The normalized spacial score (nSPS) is 18.6. The van der Waals surface area contributed by atoms with Crippen LogP contribution >= 0.6 is 66.1 Å². The molecule has 1 N–H and O–H groups in total. The van der Waals surface area contributed by atoms with Crippen molar-refractivity contribution in [1.29, 1.82) is 5.26 Å². The van der Waals surface area contributed by atoms with E-state index in [4.69, 9.17) is 35.8 Å². The molecule has 0 spiro atoms. The number of halogens is 5. The predicted octanol–water partition coefficient (Wildman–Crippen LogP) is 10.2. The molecular formula is C51H49Br2ClFIN8O5. The molecule has 0 saturated carbocycles. The smallest absolute Gasteiger partial charge is 0.318 e. The lowest BCUT2D eigenvalue weighted by Crippen LogP contribution is -2.55. The number of nitrogens with zero attached hydrogens (tertiary/aromatic N) is 7. The lowest BCUT2D eigenvalue weighted by molar-refractivity contribution is -0.131. The Kier molecular flexibility index (Phi) is 15.7. The Morgan fingerprint density at radius 1 is 1.00 bits per heavy atom. The van der Waals surface area contributed by atoms with Gasteiger partial charge in [0.1, 0.15) is 24.8 Å². The number of nitrogens with one attached hydrogen (secondary N) is 1. The van der Waals surface area contributed by atoms with Crippen molar-refractivity contribution in [1.82, 2.24) is 19.8 Å². The van der Waals surface area contributed by atoms with E-state index in [1.807, 2.05) is 54.6 Å². The van der Waals surface area contributed by atoms with Crippen LogP contribution in [0.3, 0.4) is 0 Å². The van der Waals surface area contributed by atoms with Crippen molar-refractivity contribution >= 4 is 117 Å². The number of piperazine rings is 1. The van der Waals surface area contributed by atoms with Gasteiger partial charge < -0.3 is 34.2 Å². The number of carbonyl (C=O) groups is 2. The number of aromatic nitrogens is 2. The summed E-state index contributed by atoms with van der Waals surface area (Å²) >= 11 is 16.3. The van der Waals surface area contributed by atoms with Gasteiger partial charge in [-0.25, -0.2) is 4.39 Å². The summed E-state index contributed by atoms with van der Waals surface area (Å²) in [4.78, 5) is 43.8. The number of amides is 2. The van der Waals surface area contributed by atoms with E-state index in [9.17, 15) is 19.2 Å². The molecule has 358 valence electrons. The minimum Gasteiger partial charge on any atom is -0.489 e. The van der Waals surface area contributed by atoms with Crippen LogP contribution in [-0.4, -0.2) is 109 Å². The molecule has 2 atom stereocenters. The molecule has 0 bridgehead atoms. The Morgan fingerprint density at radius 3 is 2.61 bits per heavy atom. The van der Waals surface area contributed by atoms with E-state index in [0.717, 1.165) is 95.2 Å². The standard InChI is InChI=1S/C51H49Br2ClFIN8O5/c1-31(55)50(66)64-20-19-63(28-35(64)13-15-57)48-37-14-18-62(45-10-3-7-33-6-2-9-42(54)46(33)45)29-44(37)59-51(60-48)69-30-36-8-4-16-61(36)17-5-21-67-22-23-68-47-40(52)25-32(26-41(47)53)24-39-38-27-34(56)11-12-43(38)58-49(39)65/h2-3,6-7,9-12,24-27,35-36H,1,4-5,8,13-14,16-23,28-30H2,(H,58,65)/t35-,36-/m0/s1. The fraction of sp³-hybridized carbons (Fsp3) is 0.353. The summed E-state index contributed by atoms with van der Waals surface area (Å²) in [6, 6.07) is 24.0. The van der Waals surface area contributed by atoms with Crippen molar-refractivity contribution in [2.24, 2.45) is 0 Å². The zero-order valence-electron chi connectivity index (χ0n) is 37.7. The number of ether oxygens (including phenoxy) is 3. The first-order chi connectivity index (χ1) is 33.4. The first-order valence-corrected chi connectivity index (χ1v) is 26.0. The second kappa shape index (κ2) is 22.1. The molecule has 18 heteroatoms. The number of hydrogen-bond donors (Lipinski definition) is 1. The van der Waals surface area contributed by atoms with Gasteiger partial charge in [-0.1, -0.05) is 42.4 Å². The van der Waals surface area contributed by atoms with Crippen LogP contribution in [0.5, 0.6) is 11.8 Å². The number of likely N-dealkylation sites (tertiary alicyclic amines) is 1. The van der Waals surface area contributed by atoms with Gasteiger partial charge in [0.05, 0.1) is 51.3 Å². The monoisotopic (exact) mass is 1190 g/mol. The predicted molar refractivity (Wildman–Crippen MR) is 282 cm³/mol. The highest BCUT2D eigenvalue weighted by Crippen LogP contribution is 2.40. The summed E-state index contributed by atoms with van der Waals surface area (Å²) in [5, 5.41) is 15.4. The van der Waals surface area contributed by atoms with Gasteiger partial charge in [0.2, 0.25) is 0 Å². The molecule has 9 rings (SSSR count). The zero-order valence-corrected chi connectivity index (χ0v) is 43.8. The number of nitriles is 1. The van der Waals surface area contributed by atoms with Gasteiger partial charge in [0, 0.05) is 82.4 Å². The van der Waals surface area contributed by atoms with E-state index in [1.165, 1.54) is 4.90 Å². The molecule has 4 aliphatic rings. The molecule has 5 aromatic rings. The van der Waals surface area contributed by atoms with Crippen molar-refractivity contribution in [2.45, 2.75) is 50.7 Å². The van der Waals surface area contributed by atoms with Crippen molar-refractivity contribution in [2.75, 3.05) is 80.8 Å². The quantitative estimate of drug-likeness (QED) is 0.0575. The number of anilines is 3. The first-order valence-electron chi connectivity index (χ1n) is 22.9. The van der Waals surface area contributed by atoms with Gasteiger partial charge in [0.15, 0.2) is 5.83 Å². The molecule has 0 unspecified atom stereocenters. The Hall–Kier alpha value is -4.84. The van der Waals surface area contributed by atoms with Gasteiger partial charge >= 0.3 is 6.01 Å². The molecule has 0 aliphatic carbocycles. The molecule has 5 heterocycles. The van der Waals surface area contributed by atoms with E-state index in [2.05, 4.69) is 105 Å². The van der Waals surface area contributed by atoms with Crippen LogP contribution in [0.15, 0.2) is 88.1 Å². The van der Waals surface area contributed by atoms with E-state index in [-0.39, 0.29) is 30.9 Å². The second-order valence-corrected chi connectivity index (χ2v) is 20.7. The Bertz CT molecular complexity index is 2860. The lowest BCUT2D eigenvalue weighted by atomic mass is 10.0. The minimum atomic E-state index is -1.04. The van der Waals surface area contributed by atoms with E-state index in [0.29, 0.717) is 75.4 Å². The number of rotatable bonds is 16. The van der Waals surface area contributed by atoms with Gasteiger partial charge in [-0.2, -0.15) is 15.2 Å². The zero-order chi connectivity index (χ0) is 48.2. The van der Waals surface area contributed by atoms with Crippen LogP contribution in [0.25, 0.3) is 22.4 Å². The summed E-state index contributed by atoms with van der Waals surface area (Å²) in [6.45, 7) is 8.92. The van der Waals surface area contributed by atoms with Crippen molar-refractivity contribution in [3.05, 3.63) is 119 Å². The maximum absolute atomic E-state index is 14.1. The fourth-order valence-electron chi connectivity index (χ4n) is 9.71. The summed E-state index contributed by atoms with van der Waals surface area (Å²) < 4.78 is 35.3. The average Bonchev–Trinajstić information content (AvgIpc) is 3.92. The SMILES string of the molecule is C=C(F)C(=O)N1CCN(c2nc(OC[C@@H]3CCCN3CCCOCCOc3c(Br)cc(C=C4C(=O)Nc5ccc(I)cc54)cc3Br)nc3c2CCN(c2cccc4cccc(Cl)c24)C3)C[C@@H]1CC#N. The fourth-order valence-corrected chi connectivity index (χ4v) is 11.9. The summed E-state index contributed by atoms with van der Waals surface area (Å²) in [7, 11) is 0.